The first-order chi connectivity index (χ1) is 37.5. The van der Waals surface area contributed by atoms with Gasteiger partial charge in [0.15, 0.2) is 8.32 Å². The SMILES string of the molecule is CCC1(N(CCO[Si](c2ccccc2)(c2ccccc2)C(C)(C)C)C(=O)c2ccccc2CCC(=O)Cc2ccc(C)cc2C(=O)N(CCO[Si](C)(C)C(C)(C)C)C(C)(C)c2ccc(OCCN3CCOCC3)cc2)CCCC1. The van der Waals surface area contributed by atoms with Gasteiger partial charge in [-0.05, 0) is 121 Å². The van der Waals surface area contributed by atoms with E-state index in [4.69, 9.17) is 18.3 Å². The molecule has 0 atom stereocenters. The molecule has 0 radical (unpaired) electrons. The quantitative estimate of drug-likeness (QED) is 0.0533. The number of nitrogens with zero attached hydrogens (tertiary/aromatic N) is 3. The molecule has 426 valence electrons. The van der Waals surface area contributed by atoms with Crippen LogP contribution in [-0.4, -0.2) is 120 Å². The number of benzene rings is 5. The molecule has 2 aliphatic rings. The number of hydrogen-bond donors (Lipinski definition) is 0. The fraction of sp³-hybridized carbons (Fsp3) is 0.507. The van der Waals surface area contributed by atoms with Crippen molar-refractivity contribution in [3.05, 3.63) is 161 Å². The predicted molar refractivity (Wildman–Crippen MR) is 327 cm³/mol. The summed E-state index contributed by atoms with van der Waals surface area (Å²) < 4.78 is 25.9. The first-order valence-electron chi connectivity index (χ1n) is 29.3. The minimum atomic E-state index is -2.86. The highest BCUT2D eigenvalue weighted by molar-refractivity contribution is 6.99. The lowest BCUT2D eigenvalue weighted by atomic mass is 9.89. The second-order valence-electron chi connectivity index (χ2n) is 25.2. The largest absolute Gasteiger partial charge is 0.492 e. The zero-order valence-electron chi connectivity index (χ0n) is 50.1. The van der Waals surface area contributed by atoms with Crippen molar-refractivity contribution in [2.45, 2.75) is 155 Å². The second kappa shape index (κ2) is 26.6. The number of carbonyl (C=O) groups excluding carboxylic acids is 3. The van der Waals surface area contributed by atoms with Crippen LogP contribution >= 0.6 is 0 Å². The molecule has 79 heavy (non-hydrogen) atoms. The van der Waals surface area contributed by atoms with Crippen LogP contribution in [0.25, 0.3) is 0 Å². The molecule has 5 aromatic carbocycles. The van der Waals surface area contributed by atoms with Gasteiger partial charge in [0, 0.05) is 62.2 Å². The molecule has 1 saturated heterocycles. The fourth-order valence-electron chi connectivity index (χ4n) is 11.8. The molecule has 2 amide bonds. The van der Waals surface area contributed by atoms with Gasteiger partial charge in [-0.1, -0.05) is 170 Å². The molecule has 0 spiro atoms. The topological polar surface area (TPSA) is 97.9 Å². The lowest BCUT2D eigenvalue weighted by molar-refractivity contribution is -0.118. The summed E-state index contributed by atoms with van der Waals surface area (Å²) >= 11 is 0. The number of carbonyl (C=O) groups is 3. The molecule has 5 aromatic rings. The van der Waals surface area contributed by atoms with Gasteiger partial charge >= 0.3 is 0 Å². The van der Waals surface area contributed by atoms with Crippen molar-refractivity contribution in [1.29, 1.82) is 0 Å². The first-order valence-corrected chi connectivity index (χ1v) is 34.1. The van der Waals surface area contributed by atoms with E-state index in [2.05, 4.69) is 158 Å². The Labute approximate surface area is 476 Å². The molecule has 1 saturated carbocycles. The standard InChI is InChI=1S/C67H93N3O7Si2/c1-13-67(38-22-23-39-67)70(44-49-77-79(65(6,7)8,58-25-16-14-17-26-58)59-27-18-15-19-28-59)62(72)60-29-21-20-24-53(60)32-35-56(71)51-54-31-30-52(2)50-61(54)63(73)69(43-48-76-78(11,12)64(3,4)5)66(9,10)55-33-36-57(37-34-55)75-47-42-68-40-45-74-46-41-68/h14-21,24-31,33-34,36-37,50H,13,22-23,32,35,38-49,51H2,1-12H3. The molecular weight excluding hydrogens is 1010 g/mol. The average molecular weight is 1110 g/mol. The zero-order chi connectivity index (χ0) is 57.1. The van der Waals surface area contributed by atoms with Crippen LogP contribution in [0.15, 0.2) is 127 Å². The second-order valence-corrected chi connectivity index (χ2v) is 34.4. The maximum absolute atomic E-state index is 15.4. The molecule has 10 nitrogen and oxygen atoms in total. The van der Waals surface area contributed by atoms with Crippen molar-refractivity contribution in [2.75, 3.05) is 65.8 Å². The Bertz CT molecular complexity index is 2740. The Balaban J connectivity index is 1.10. The van der Waals surface area contributed by atoms with Crippen molar-refractivity contribution in [2.24, 2.45) is 0 Å². The summed E-state index contributed by atoms with van der Waals surface area (Å²) in [6, 6.07) is 43.2. The van der Waals surface area contributed by atoms with Crippen LogP contribution < -0.4 is 15.1 Å². The highest BCUT2D eigenvalue weighted by Crippen LogP contribution is 2.41. The first kappa shape index (κ1) is 61.4. The third kappa shape index (κ3) is 14.6. The van der Waals surface area contributed by atoms with Gasteiger partial charge < -0.3 is 28.1 Å². The van der Waals surface area contributed by atoms with Gasteiger partial charge in [0.25, 0.3) is 20.1 Å². The van der Waals surface area contributed by atoms with Gasteiger partial charge in [0.1, 0.15) is 18.1 Å². The van der Waals surface area contributed by atoms with Gasteiger partial charge in [0.05, 0.1) is 32.0 Å². The molecule has 1 heterocycles. The number of rotatable bonds is 25. The Morgan fingerprint density at radius 1 is 0.658 bits per heavy atom. The third-order valence-corrected chi connectivity index (χ3v) is 27.3. The van der Waals surface area contributed by atoms with Crippen molar-refractivity contribution in [3.8, 4) is 5.75 Å². The van der Waals surface area contributed by atoms with Crippen LogP contribution in [0.4, 0.5) is 0 Å². The summed E-state index contributed by atoms with van der Waals surface area (Å²) in [5.74, 6) is 0.641. The molecule has 0 aromatic heterocycles. The van der Waals surface area contributed by atoms with Crippen molar-refractivity contribution >= 4 is 44.6 Å². The summed E-state index contributed by atoms with van der Waals surface area (Å²) in [7, 11) is -5.01. The van der Waals surface area contributed by atoms with Crippen LogP contribution in [0, 0.1) is 6.92 Å². The van der Waals surface area contributed by atoms with E-state index in [-0.39, 0.29) is 46.1 Å². The van der Waals surface area contributed by atoms with Crippen LogP contribution in [0.2, 0.25) is 23.2 Å². The minimum absolute atomic E-state index is 0.00143. The molecule has 7 rings (SSSR count). The molecule has 0 N–H and O–H groups in total. The van der Waals surface area contributed by atoms with E-state index in [1.54, 1.807) is 0 Å². The number of ketones is 1. The maximum atomic E-state index is 15.4. The van der Waals surface area contributed by atoms with E-state index >= 15 is 9.59 Å². The number of Topliss-reactive ketones (excluding diaryl/α,β-unsaturated/α-hetero) is 1. The summed E-state index contributed by atoms with van der Waals surface area (Å²) in [5, 5.41) is 2.23. The van der Waals surface area contributed by atoms with Gasteiger partial charge in [-0.15, -0.1) is 0 Å². The highest BCUT2D eigenvalue weighted by Gasteiger charge is 2.51. The van der Waals surface area contributed by atoms with Crippen molar-refractivity contribution < 1.29 is 32.7 Å². The lowest BCUT2D eigenvalue weighted by Crippen LogP contribution is -2.67. The molecule has 2 fully saturated rings. The lowest BCUT2D eigenvalue weighted by Gasteiger charge is -2.45. The van der Waals surface area contributed by atoms with Crippen LogP contribution in [-0.2, 0) is 36.8 Å². The maximum Gasteiger partial charge on any atom is 0.261 e. The molecule has 0 unspecified atom stereocenters. The molecular formula is C67H93N3O7Si2. The minimum Gasteiger partial charge on any atom is -0.492 e. The summed E-state index contributed by atoms with van der Waals surface area (Å²) in [4.78, 5) is 51.6. The van der Waals surface area contributed by atoms with E-state index < -0.39 is 22.2 Å². The van der Waals surface area contributed by atoms with E-state index in [9.17, 15) is 4.79 Å². The molecule has 0 bridgehead atoms. The van der Waals surface area contributed by atoms with Crippen LogP contribution in [0.5, 0.6) is 5.75 Å². The van der Waals surface area contributed by atoms with Gasteiger partial charge in [-0.2, -0.15) is 0 Å². The van der Waals surface area contributed by atoms with Crippen LogP contribution in [0.3, 0.4) is 0 Å². The number of morpholine rings is 1. The number of aryl methyl sites for hydroxylation is 2. The number of hydrogen-bond acceptors (Lipinski definition) is 8. The third-order valence-electron chi connectivity index (χ3n) is 17.7. The van der Waals surface area contributed by atoms with Gasteiger partial charge in [0.2, 0.25) is 0 Å². The van der Waals surface area contributed by atoms with E-state index in [1.807, 2.05) is 66.4 Å². The van der Waals surface area contributed by atoms with Crippen LogP contribution in [0.1, 0.15) is 144 Å². The van der Waals surface area contributed by atoms with Gasteiger partial charge in [-0.25, -0.2) is 0 Å². The predicted octanol–water partition coefficient (Wildman–Crippen LogP) is 12.6. The fourth-order valence-corrected chi connectivity index (χ4v) is 17.4. The Kier molecular flexibility index (Phi) is 20.7. The van der Waals surface area contributed by atoms with Gasteiger partial charge in [-0.3, -0.25) is 19.3 Å². The monoisotopic (exact) mass is 1110 g/mol. The average Bonchev–Trinajstić information content (AvgIpc) is 4.02. The zero-order valence-corrected chi connectivity index (χ0v) is 52.1. The van der Waals surface area contributed by atoms with Crippen molar-refractivity contribution in [3.63, 3.8) is 0 Å². The number of amides is 2. The molecule has 1 aliphatic carbocycles. The summed E-state index contributed by atoms with van der Waals surface area (Å²) in [6.45, 7) is 32.8. The number of ether oxygens (including phenoxy) is 2. The smallest absolute Gasteiger partial charge is 0.261 e. The van der Waals surface area contributed by atoms with E-state index in [1.165, 1.54) is 10.4 Å². The summed E-state index contributed by atoms with van der Waals surface area (Å²) in [6.07, 6.45) is 5.61. The normalized spacial score (nSPS) is 15.4. The Hall–Kier alpha value is -5.22. The van der Waals surface area contributed by atoms with Crippen molar-refractivity contribution in [1.82, 2.24) is 14.7 Å². The summed E-state index contributed by atoms with van der Waals surface area (Å²) in [5.41, 5.74) is 3.57. The van der Waals surface area contributed by atoms with E-state index in [0.29, 0.717) is 56.0 Å². The molecule has 12 heteroatoms. The Morgan fingerprint density at radius 2 is 1.25 bits per heavy atom. The van der Waals surface area contributed by atoms with E-state index in [0.717, 1.165) is 87.4 Å². The molecule has 1 aliphatic heterocycles. The Morgan fingerprint density at radius 3 is 1.85 bits per heavy atom. The highest BCUT2D eigenvalue weighted by atomic mass is 28.4.